The van der Waals surface area contributed by atoms with Crippen LogP contribution >= 0.6 is 0 Å². The third kappa shape index (κ3) is 1.70. The molecule has 6 nitrogen and oxygen atoms in total. The fraction of sp³-hybridized carbons (Fsp3) is 0.167. The number of rotatable bonds is 1. The van der Waals surface area contributed by atoms with Gasteiger partial charge in [-0.25, -0.2) is 9.07 Å². The Labute approximate surface area is 107 Å². The first-order valence-corrected chi connectivity index (χ1v) is 5.59. The molecule has 0 fully saturated rings. The van der Waals surface area contributed by atoms with Gasteiger partial charge in [-0.15, -0.1) is 5.10 Å². The molecule has 1 aromatic carbocycles. The first kappa shape index (κ1) is 11.5. The van der Waals surface area contributed by atoms with Crippen molar-refractivity contribution in [1.82, 2.24) is 24.8 Å². The van der Waals surface area contributed by atoms with E-state index in [1.807, 2.05) is 0 Å². The average Bonchev–Trinajstić information content (AvgIpc) is 2.80. The summed E-state index contributed by atoms with van der Waals surface area (Å²) < 4.78 is 16.5. The average molecular weight is 259 g/mol. The van der Waals surface area contributed by atoms with Gasteiger partial charge in [-0.1, -0.05) is 0 Å². The van der Waals surface area contributed by atoms with E-state index in [1.54, 1.807) is 30.9 Å². The predicted octanol–water partition coefficient (Wildman–Crippen LogP) is 0.868. The van der Waals surface area contributed by atoms with Crippen molar-refractivity contribution in [3.63, 3.8) is 0 Å². The van der Waals surface area contributed by atoms with Crippen LogP contribution in [0.3, 0.4) is 0 Å². The Morgan fingerprint density at radius 1 is 1.26 bits per heavy atom. The van der Waals surface area contributed by atoms with Crippen LogP contribution < -0.4 is 5.43 Å². The molecule has 0 aliphatic heterocycles. The number of aromatic nitrogens is 5. The summed E-state index contributed by atoms with van der Waals surface area (Å²) in [5.74, 6) is -0.0930. The molecule has 0 aliphatic carbocycles. The Bertz CT molecular complexity index is 836. The highest BCUT2D eigenvalue weighted by Gasteiger charge is 2.14. The molecule has 0 radical (unpaired) electrons. The molecular formula is C12H10FN5O. The summed E-state index contributed by atoms with van der Waals surface area (Å²) >= 11 is 0. The van der Waals surface area contributed by atoms with Crippen molar-refractivity contribution in [2.45, 2.75) is 0 Å². The van der Waals surface area contributed by atoms with E-state index in [1.165, 1.54) is 16.8 Å². The number of hydrogen-bond acceptors (Lipinski definition) is 4. The number of hydrogen-bond donors (Lipinski definition) is 0. The first-order chi connectivity index (χ1) is 9.08. The second-order valence-corrected chi connectivity index (χ2v) is 4.27. The van der Waals surface area contributed by atoms with Gasteiger partial charge in [-0.3, -0.25) is 4.79 Å². The highest BCUT2D eigenvalue weighted by Crippen LogP contribution is 2.17. The topological polar surface area (TPSA) is 65.6 Å². The Balaban J connectivity index is 2.43. The molecule has 0 spiro atoms. The van der Waals surface area contributed by atoms with Gasteiger partial charge >= 0.3 is 0 Å². The SMILES string of the molecule is Cn1nnnc1-c1cn(C)c2ccc(F)cc2c1=O. The molecule has 0 saturated heterocycles. The summed E-state index contributed by atoms with van der Waals surface area (Å²) in [5, 5.41) is 11.3. The van der Waals surface area contributed by atoms with E-state index in [0.717, 1.165) is 0 Å². The van der Waals surface area contributed by atoms with Crippen LogP contribution in [0.5, 0.6) is 0 Å². The van der Waals surface area contributed by atoms with Crippen LogP contribution in [0.25, 0.3) is 22.3 Å². The molecule has 3 rings (SSSR count). The molecule has 2 heterocycles. The van der Waals surface area contributed by atoms with E-state index in [4.69, 9.17) is 0 Å². The molecule has 19 heavy (non-hydrogen) atoms. The van der Waals surface area contributed by atoms with Gasteiger partial charge in [0.15, 0.2) is 5.82 Å². The van der Waals surface area contributed by atoms with Crippen molar-refractivity contribution in [2.24, 2.45) is 14.1 Å². The minimum atomic E-state index is -0.446. The monoisotopic (exact) mass is 259 g/mol. The number of pyridine rings is 1. The van der Waals surface area contributed by atoms with E-state index in [9.17, 15) is 9.18 Å². The smallest absolute Gasteiger partial charge is 0.200 e. The number of fused-ring (bicyclic) bond motifs is 1. The molecule has 2 aromatic heterocycles. The third-order valence-electron chi connectivity index (χ3n) is 3.01. The lowest BCUT2D eigenvalue weighted by Crippen LogP contribution is -2.13. The van der Waals surface area contributed by atoms with Gasteiger partial charge in [0.2, 0.25) is 5.43 Å². The van der Waals surface area contributed by atoms with Gasteiger partial charge in [-0.2, -0.15) is 0 Å². The fourth-order valence-corrected chi connectivity index (χ4v) is 2.08. The van der Waals surface area contributed by atoms with Crippen LogP contribution in [0.2, 0.25) is 0 Å². The summed E-state index contributed by atoms with van der Waals surface area (Å²) in [6.45, 7) is 0. The number of benzene rings is 1. The van der Waals surface area contributed by atoms with Crippen molar-refractivity contribution in [1.29, 1.82) is 0 Å². The lowest BCUT2D eigenvalue weighted by atomic mass is 10.1. The molecule has 0 bridgehead atoms. The van der Waals surface area contributed by atoms with Crippen LogP contribution in [0, 0.1) is 5.82 Å². The molecule has 0 unspecified atom stereocenters. The predicted molar refractivity (Wildman–Crippen MR) is 66.9 cm³/mol. The summed E-state index contributed by atoms with van der Waals surface area (Å²) in [6, 6.07) is 4.13. The molecule has 0 aliphatic rings. The van der Waals surface area contributed by atoms with Crippen LogP contribution in [0.1, 0.15) is 0 Å². The van der Waals surface area contributed by atoms with E-state index >= 15 is 0 Å². The summed E-state index contributed by atoms with van der Waals surface area (Å²) in [5.41, 5.74) is 0.712. The maximum absolute atomic E-state index is 13.3. The number of halogens is 1. The summed E-state index contributed by atoms with van der Waals surface area (Å²) in [7, 11) is 3.43. The Hall–Kier alpha value is -2.57. The van der Waals surface area contributed by atoms with Crippen LogP contribution in [-0.4, -0.2) is 24.8 Å². The maximum atomic E-state index is 13.3. The van der Waals surface area contributed by atoms with E-state index in [2.05, 4.69) is 15.5 Å². The fourth-order valence-electron chi connectivity index (χ4n) is 2.08. The maximum Gasteiger partial charge on any atom is 0.200 e. The normalized spacial score (nSPS) is 11.1. The van der Waals surface area contributed by atoms with Gasteiger partial charge in [0.1, 0.15) is 5.82 Å². The lowest BCUT2D eigenvalue weighted by Gasteiger charge is -2.08. The van der Waals surface area contributed by atoms with E-state index < -0.39 is 5.82 Å². The van der Waals surface area contributed by atoms with Gasteiger partial charge in [0.05, 0.1) is 11.1 Å². The zero-order valence-electron chi connectivity index (χ0n) is 10.3. The van der Waals surface area contributed by atoms with Gasteiger partial charge in [-0.05, 0) is 28.6 Å². The molecular weight excluding hydrogens is 249 g/mol. The Kier molecular flexibility index (Phi) is 2.41. The zero-order chi connectivity index (χ0) is 13.6. The largest absolute Gasteiger partial charge is 0.350 e. The molecule has 0 N–H and O–H groups in total. The molecule has 0 amide bonds. The van der Waals surface area contributed by atoms with Gasteiger partial charge in [0.25, 0.3) is 0 Å². The van der Waals surface area contributed by atoms with E-state index in [0.29, 0.717) is 22.3 Å². The van der Waals surface area contributed by atoms with Crippen molar-refractivity contribution >= 4 is 10.9 Å². The van der Waals surface area contributed by atoms with Crippen LogP contribution in [-0.2, 0) is 14.1 Å². The molecule has 3 aromatic rings. The highest BCUT2D eigenvalue weighted by molar-refractivity contribution is 5.82. The van der Waals surface area contributed by atoms with E-state index in [-0.39, 0.29) is 5.43 Å². The molecule has 96 valence electrons. The van der Waals surface area contributed by atoms with Gasteiger partial charge < -0.3 is 4.57 Å². The van der Waals surface area contributed by atoms with Crippen molar-refractivity contribution in [3.05, 3.63) is 40.4 Å². The standard InChI is InChI=1S/C12H10FN5O/c1-17-6-9(12-14-15-16-18(12)2)11(19)8-5-7(13)3-4-10(8)17/h3-6H,1-2H3. The first-order valence-electron chi connectivity index (χ1n) is 5.59. The highest BCUT2D eigenvalue weighted by atomic mass is 19.1. The minimum Gasteiger partial charge on any atom is -0.350 e. The second-order valence-electron chi connectivity index (χ2n) is 4.27. The molecule has 0 atom stereocenters. The molecule has 0 saturated carbocycles. The summed E-state index contributed by atoms with van der Waals surface area (Å²) in [4.78, 5) is 12.4. The Morgan fingerprint density at radius 3 is 2.74 bits per heavy atom. The van der Waals surface area contributed by atoms with Crippen molar-refractivity contribution in [2.75, 3.05) is 0 Å². The quantitative estimate of drug-likeness (QED) is 0.650. The third-order valence-corrected chi connectivity index (χ3v) is 3.01. The van der Waals surface area contributed by atoms with Crippen LogP contribution in [0.4, 0.5) is 4.39 Å². The lowest BCUT2D eigenvalue weighted by molar-refractivity contribution is 0.629. The van der Waals surface area contributed by atoms with Crippen molar-refractivity contribution < 1.29 is 4.39 Å². The zero-order valence-corrected chi connectivity index (χ0v) is 10.3. The Morgan fingerprint density at radius 2 is 2.05 bits per heavy atom. The van der Waals surface area contributed by atoms with Crippen molar-refractivity contribution in [3.8, 4) is 11.4 Å². The number of aryl methyl sites for hydroxylation is 2. The summed E-state index contributed by atoms with van der Waals surface area (Å²) in [6.07, 6.45) is 1.65. The molecule has 7 heteroatoms. The number of tetrazole rings is 1. The minimum absolute atomic E-state index is 0.287. The number of nitrogens with zero attached hydrogens (tertiary/aromatic N) is 5. The van der Waals surface area contributed by atoms with Crippen LogP contribution in [0.15, 0.2) is 29.2 Å². The second kappa shape index (κ2) is 3.98. The van der Waals surface area contributed by atoms with Gasteiger partial charge in [0, 0.05) is 25.7 Å².